The zero-order valence-electron chi connectivity index (χ0n) is 11.2. The number of ether oxygens (including phenoxy) is 1. The molecule has 0 saturated carbocycles. The number of amides is 1. The molecule has 3 nitrogen and oxygen atoms in total. The Morgan fingerprint density at radius 1 is 1.37 bits per heavy atom. The number of carbonyl (C=O) groups excluding carboxylic acids is 1. The summed E-state index contributed by atoms with van der Waals surface area (Å²) in [5.41, 5.74) is -0.184. The van der Waals surface area contributed by atoms with Gasteiger partial charge in [-0.2, -0.15) is 0 Å². The van der Waals surface area contributed by atoms with E-state index in [4.69, 9.17) is 4.74 Å². The second kappa shape index (κ2) is 5.82. The number of benzene rings is 1. The Labute approximate surface area is 111 Å². The number of carbonyl (C=O) groups is 1. The number of hydrogen-bond acceptors (Lipinski definition) is 2. The van der Waals surface area contributed by atoms with E-state index in [0.717, 1.165) is 12.1 Å². The van der Waals surface area contributed by atoms with Gasteiger partial charge in [-0.15, -0.1) is 0 Å². The molecule has 0 saturated heterocycles. The molecule has 0 aliphatic carbocycles. The third-order valence-corrected chi connectivity index (χ3v) is 2.19. The summed E-state index contributed by atoms with van der Waals surface area (Å²) in [4.78, 5) is 13.0. The van der Waals surface area contributed by atoms with Gasteiger partial charge in [-0.05, 0) is 38.5 Å². The van der Waals surface area contributed by atoms with Crippen molar-refractivity contribution in [3.8, 4) is 0 Å². The molecule has 0 radical (unpaired) electrons. The van der Waals surface area contributed by atoms with E-state index in [-0.39, 0.29) is 6.54 Å². The summed E-state index contributed by atoms with van der Waals surface area (Å²) in [5.74, 6) is -1.88. The maximum absolute atomic E-state index is 13.1. The molecule has 0 aromatic heterocycles. The van der Waals surface area contributed by atoms with Crippen LogP contribution in [0.15, 0.2) is 31.0 Å². The van der Waals surface area contributed by atoms with Crippen LogP contribution in [-0.4, -0.2) is 16.6 Å². The summed E-state index contributed by atoms with van der Waals surface area (Å²) in [7, 11) is 0. The fraction of sp³-hybridized carbons (Fsp3) is 0.357. The van der Waals surface area contributed by atoms with Crippen LogP contribution >= 0.6 is 0 Å². The van der Waals surface area contributed by atoms with Crippen molar-refractivity contribution in [1.29, 1.82) is 0 Å². The van der Waals surface area contributed by atoms with Crippen LogP contribution in [0.25, 0.3) is 0 Å². The van der Waals surface area contributed by atoms with Crippen molar-refractivity contribution >= 4 is 6.09 Å². The minimum Gasteiger partial charge on any atom is -0.443 e. The molecule has 1 amide bonds. The first-order chi connectivity index (χ1) is 8.73. The van der Waals surface area contributed by atoms with Crippen LogP contribution in [0, 0.1) is 11.6 Å². The van der Waals surface area contributed by atoms with Gasteiger partial charge in [-0.3, -0.25) is 4.90 Å². The number of rotatable bonds is 3. The quantitative estimate of drug-likeness (QED) is 0.834. The molecule has 0 atom stereocenters. The first-order valence-corrected chi connectivity index (χ1v) is 5.79. The molecule has 0 fully saturated rings. The van der Waals surface area contributed by atoms with Crippen LogP contribution in [0.2, 0.25) is 0 Å². The van der Waals surface area contributed by atoms with Crippen molar-refractivity contribution in [3.05, 3.63) is 48.2 Å². The fourth-order valence-corrected chi connectivity index (χ4v) is 1.36. The maximum atomic E-state index is 13.1. The van der Waals surface area contributed by atoms with Crippen molar-refractivity contribution in [3.63, 3.8) is 0 Å². The molecule has 1 rings (SSSR count). The Morgan fingerprint density at radius 2 is 2.00 bits per heavy atom. The van der Waals surface area contributed by atoms with Crippen LogP contribution in [0.5, 0.6) is 0 Å². The standard InChI is InChI=1S/C14H17F2NO2/c1-5-17(13(18)19-14(2,3)4)9-10-6-7-11(15)12(16)8-10/h5-8H,1,9H2,2-4H3. The summed E-state index contributed by atoms with van der Waals surface area (Å²) >= 11 is 0. The zero-order valence-corrected chi connectivity index (χ0v) is 11.2. The Kier molecular flexibility index (Phi) is 4.64. The van der Waals surface area contributed by atoms with Crippen LogP contribution in [0.4, 0.5) is 13.6 Å². The summed E-state index contributed by atoms with van der Waals surface area (Å²) in [5, 5.41) is 0. The molecule has 0 unspecified atom stereocenters. The van der Waals surface area contributed by atoms with Gasteiger partial charge < -0.3 is 4.74 Å². The van der Waals surface area contributed by atoms with Crippen molar-refractivity contribution in [2.45, 2.75) is 32.9 Å². The van der Waals surface area contributed by atoms with E-state index in [9.17, 15) is 13.6 Å². The molecule has 5 heteroatoms. The largest absolute Gasteiger partial charge is 0.443 e. The lowest BCUT2D eigenvalue weighted by atomic mass is 10.2. The normalized spacial score (nSPS) is 11.0. The highest BCUT2D eigenvalue weighted by molar-refractivity contribution is 5.69. The predicted molar refractivity (Wildman–Crippen MR) is 68.3 cm³/mol. The van der Waals surface area contributed by atoms with E-state index in [1.807, 2.05) is 0 Å². The monoisotopic (exact) mass is 269 g/mol. The van der Waals surface area contributed by atoms with Gasteiger partial charge >= 0.3 is 6.09 Å². The SMILES string of the molecule is C=CN(Cc1ccc(F)c(F)c1)C(=O)OC(C)(C)C. The van der Waals surface area contributed by atoms with Crippen LogP contribution in [-0.2, 0) is 11.3 Å². The van der Waals surface area contributed by atoms with E-state index >= 15 is 0 Å². The highest BCUT2D eigenvalue weighted by atomic mass is 19.2. The van der Waals surface area contributed by atoms with Crippen molar-refractivity contribution in [2.75, 3.05) is 0 Å². The van der Waals surface area contributed by atoms with Gasteiger partial charge in [0.25, 0.3) is 0 Å². The molecular formula is C14H17F2NO2. The molecule has 1 aromatic rings. The average molecular weight is 269 g/mol. The molecule has 0 aliphatic heterocycles. The van der Waals surface area contributed by atoms with Crippen LogP contribution in [0.3, 0.4) is 0 Å². The third-order valence-electron chi connectivity index (χ3n) is 2.19. The lowest BCUT2D eigenvalue weighted by molar-refractivity contribution is 0.0324. The van der Waals surface area contributed by atoms with Crippen LogP contribution < -0.4 is 0 Å². The van der Waals surface area contributed by atoms with Gasteiger partial charge in [0.1, 0.15) is 5.60 Å². The van der Waals surface area contributed by atoms with Gasteiger partial charge in [0.05, 0.1) is 6.54 Å². The lowest BCUT2D eigenvalue weighted by Crippen LogP contribution is -2.33. The molecule has 0 aliphatic rings. The van der Waals surface area contributed by atoms with Gasteiger partial charge in [-0.1, -0.05) is 12.6 Å². The highest BCUT2D eigenvalue weighted by Gasteiger charge is 2.20. The third kappa shape index (κ3) is 4.69. The summed E-state index contributed by atoms with van der Waals surface area (Å²) < 4.78 is 31.0. The molecule has 0 spiro atoms. The molecule has 19 heavy (non-hydrogen) atoms. The fourth-order valence-electron chi connectivity index (χ4n) is 1.36. The molecule has 0 bridgehead atoms. The van der Waals surface area contributed by atoms with E-state index < -0.39 is 23.3 Å². The van der Waals surface area contributed by atoms with Gasteiger partial charge in [0.15, 0.2) is 11.6 Å². The van der Waals surface area contributed by atoms with E-state index in [2.05, 4.69) is 6.58 Å². The van der Waals surface area contributed by atoms with E-state index in [0.29, 0.717) is 5.56 Å². The summed E-state index contributed by atoms with van der Waals surface area (Å²) in [6, 6.07) is 3.45. The highest BCUT2D eigenvalue weighted by Crippen LogP contribution is 2.14. The number of hydrogen-bond donors (Lipinski definition) is 0. The molecule has 0 heterocycles. The minimum atomic E-state index is -0.953. The first-order valence-electron chi connectivity index (χ1n) is 5.79. The van der Waals surface area contributed by atoms with Crippen molar-refractivity contribution in [1.82, 2.24) is 4.90 Å². The van der Waals surface area contributed by atoms with Gasteiger partial charge in [-0.25, -0.2) is 13.6 Å². The Bertz CT molecular complexity index is 481. The second-order valence-corrected chi connectivity index (χ2v) is 5.04. The molecule has 104 valence electrons. The number of nitrogens with zero attached hydrogens (tertiary/aromatic N) is 1. The first kappa shape index (κ1) is 15.1. The Hall–Kier alpha value is -1.91. The minimum absolute atomic E-state index is 0.0651. The van der Waals surface area contributed by atoms with Crippen LogP contribution in [0.1, 0.15) is 26.3 Å². The maximum Gasteiger partial charge on any atom is 0.414 e. The van der Waals surface area contributed by atoms with Crippen molar-refractivity contribution < 1.29 is 18.3 Å². The lowest BCUT2D eigenvalue weighted by Gasteiger charge is -2.25. The second-order valence-electron chi connectivity index (χ2n) is 5.04. The molecule has 0 N–H and O–H groups in total. The van der Waals surface area contributed by atoms with E-state index in [1.165, 1.54) is 17.2 Å². The predicted octanol–water partition coefficient (Wildman–Crippen LogP) is 3.85. The molecular weight excluding hydrogens is 252 g/mol. The average Bonchev–Trinajstić information content (AvgIpc) is 2.28. The van der Waals surface area contributed by atoms with E-state index in [1.54, 1.807) is 20.8 Å². The summed E-state index contributed by atoms with van der Waals surface area (Å²) in [6.45, 7) is 8.79. The summed E-state index contributed by atoms with van der Waals surface area (Å²) in [6.07, 6.45) is 0.697. The Balaban J connectivity index is 2.79. The Morgan fingerprint density at radius 3 is 2.47 bits per heavy atom. The van der Waals surface area contributed by atoms with Crippen molar-refractivity contribution in [2.24, 2.45) is 0 Å². The number of halogens is 2. The zero-order chi connectivity index (χ0) is 14.6. The molecule has 1 aromatic carbocycles. The topological polar surface area (TPSA) is 29.5 Å². The van der Waals surface area contributed by atoms with Gasteiger partial charge in [0, 0.05) is 6.20 Å². The van der Waals surface area contributed by atoms with Gasteiger partial charge in [0.2, 0.25) is 0 Å². The smallest absolute Gasteiger partial charge is 0.414 e.